The van der Waals surface area contributed by atoms with Crippen LogP contribution in [-0.2, 0) is 32.3 Å². The lowest BCUT2D eigenvalue weighted by molar-refractivity contribution is -0.386. The summed E-state index contributed by atoms with van der Waals surface area (Å²) in [6.07, 6.45) is 0.0217. The molecule has 10 heteroatoms. The van der Waals surface area contributed by atoms with E-state index < -0.39 is 21.8 Å². The highest BCUT2D eigenvalue weighted by molar-refractivity contribution is 5.72. The fourth-order valence-corrected chi connectivity index (χ4v) is 2.46. The first-order valence-corrected chi connectivity index (χ1v) is 8.64. The van der Waals surface area contributed by atoms with Crippen molar-refractivity contribution in [1.29, 1.82) is 0 Å². The summed E-state index contributed by atoms with van der Waals surface area (Å²) in [5, 5.41) is 21.8. The summed E-state index contributed by atoms with van der Waals surface area (Å²) in [6, 6.07) is 11.8. The molecule has 0 unspecified atom stereocenters. The van der Waals surface area contributed by atoms with Gasteiger partial charge in [-0.25, -0.2) is 0 Å². The van der Waals surface area contributed by atoms with Crippen LogP contribution in [0.3, 0.4) is 0 Å². The number of nitro groups is 2. The number of para-hydroxylation sites is 2. The second-order valence-corrected chi connectivity index (χ2v) is 5.95. The third-order valence-corrected chi connectivity index (χ3v) is 3.92. The molecular formula is C19H18N2O8. The Kier molecular flexibility index (Phi) is 7.78. The number of ether oxygens (including phenoxy) is 2. The number of rotatable bonds is 10. The van der Waals surface area contributed by atoms with Gasteiger partial charge in [-0.15, -0.1) is 0 Å². The van der Waals surface area contributed by atoms with Gasteiger partial charge in [-0.2, -0.15) is 0 Å². The maximum absolute atomic E-state index is 11.8. The molecule has 0 aliphatic heterocycles. The number of carbonyl (C=O) groups excluding carboxylic acids is 2. The first-order valence-electron chi connectivity index (χ1n) is 8.64. The Morgan fingerprint density at radius 3 is 1.48 bits per heavy atom. The largest absolute Gasteiger partial charge is 0.461 e. The van der Waals surface area contributed by atoms with Crippen molar-refractivity contribution in [1.82, 2.24) is 0 Å². The molecule has 2 rings (SSSR count). The number of hydrogen-bond donors (Lipinski definition) is 0. The van der Waals surface area contributed by atoms with E-state index in [2.05, 4.69) is 0 Å². The van der Waals surface area contributed by atoms with Gasteiger partial charge >= 0.3 is 11.9 Å². The predicted molar refractivity (Wildman–Crippen MR) is 99.6 cm³/mol. The van der Waals surface area contributed by atoms with E-state index in [1.165, 1.54) is 36.4 Å². The van der Waals surface area contributed by atoms with Gasteiger partial charge in [0.05, 0.1) is 21.0 Å². The summed E-state index contributed by atoms with van der Waals surface area (Å²) in [6.45, 7) is -0.476. The molecule has 0 amide bonds. The molecule has 0 saturated carbocycles. The van der Waals surface area contributed by atoms with Crippen molar-refractivity contribution in [3.05, 3.63) is 79.9 Å². The van der Waals surface area contributed by atoms with E-state index >= 15 is 0 Å². The van der Waals surface area contributed by atoms with Crippen LogP contribution in [0.5, 0.6) is 0 Å². The molecule has 0 fully saturated rings. The number of hydrogen-bond acceptors (Lipinski definition) is 8. The van der Waals surface area contributed by atoms with Crippen molar-refractivity contribution in [2.45, 2.75) is 32.5 Å². The number of nitro benzene ring substituents is 2. The second kappa shape index (κ2) is 10.5. The van der Waals surface area contributed by atoms with Crippen molar-refractivity contribution in [3.63, 3.8) is 0 Å². The lowest BCUT2D eigenvalue weighted by Crippen LogP contribution is -2.09. The van der Waals surface area contributed by atoms with Gasteiger partial charge in [0.15, 0.2) is 0 Å². The van der Waals surface area contributed by atoms with Crippen LogP contribution in [0, 0.1) is 20.2 Å². The van der Waals surface area contributed by atoms with Crippen molar-refractivity contribution in [3.8, 4) is 0 Å². The van der Waals surface area contributed by atoms with Crippen LogP contribution >= 0.6 is 0 Å². The minimum Gasteiger partial charge on any atom is -0.461 e. The van der Waals surface area contributed by atoms with E-state index in [-0.39, 0.29) is 55.0 Å². The molecule has 10 nitrogen and oxygen atoms in total. The maximum Gasteiger partial charge on any atom is 0.306 e. The maximum atomic E-state index is 11.8. The topological polar surface area (TPSA) is 139 Å². The fourth-order valence-electron chi connectivity index (χ4n) is 2.46. The van der Waals surface area contributed by atoms with E-state index in [0.717, 1.165) is 0 Å². The molecule has 0 saturated heterocycles. The molecular weight excluding hydrogens is 384 g/mol. The average Bonchev–Trinajstić information content (AvgIpc) is 2.71. The Balaban J connectivity index is 1.72. The van der Waals surface area contributed by atoms with Crippen LogP contribution in [-0.4, -0.2) is 21.8 Å². The Morgan fingerprint density at radius 2 is 1.10 bits per heavy atom. The number of nitrogens with zero attached hydrogens (tertiary/aromatic N) is 2. The second-order valence-electron chi connectivity index (χ2n) is 5.95. The summed E-state index contributed by atoms with van der Waals surface area (Å²) in [4.78, 5) is 44.2. The van der Waals surface area contributed by atoms with E-state index in [0.29, 0.717) is 0 Å². The molecule has 0 aromatic heterocycles. The Bertz CT molecular complexity index is 839. The molecule has 0 radical (unpaired) electrons. The third-order valence-electron chi connectivity index (χ3n) is 3.92. The number of carbonyl (C=O) groups is 2. The normalized spacial score (nSPS) is 10.2. The molecule has 0 heterocycles. The molecule has 2 aromatic rings. The Morgan fingerprint density at radius 1 is 0.724 bits per heavy atom. The fraction of sp³-hybridized carbons (Fsp3) is 0.263. The van der Waals surface area contributed by atoms with Gasteiger partial charge in [-0.05, 0) is 18.6 Å². The zero-order chi connectivity index (χ0) is 21.2. The van der Waals surface area contributed by atoms with E-state index in [1.54, 1.807) is 12.1 Å². The highest BCUT2D eigenvalue weighted by Gasteiger charge is 2.16. The molecule has 2 aromatic carbocycles. The van der Waals surface area contributed by atoms with Gasteiger partial charge in [0.25, 0.3) is 11.4 Å². The SMILES string of the molecule is O=C(CCCC(=O)OCc1ccccc1[N+](=O)[O-])OCc1ccccc1[N+](=O)[O-]. The highest BCUT2D eigenvalue weighted by Crippen LogP contribution is 2.20. The van der Waals surface area contributed by atoms with Crippen molar-refractivity contribution >= 4 is 23.3 Å². The average molecular weight is 402 g/mol. The highest BCUT2D eigenvalue weighted by atomic mass is 16.6. The molecule has 29 heavy (non-hydrogen) atoms. The van der Waals surface area contributed by atoms with Crippen LogP contribution < -0.4 is 0 Å². The van der Waals surface area contributed by atoms with Crippen LogP contribution in [0.2, 0.25) is 0 Å². The molecule has 0 bridgehead atoms. The monoisotopic (exact) mass is 402 g/mol. The first kappa shape index (κ1) is 21.5. The van der Waals surface area contributed by atoms with Crippen LogP contribution in [0.4, 0.5) is 11.4 Å². The summed E-state index contributed by atoms with van der Waals surface area (Å²) in [5.41, 5.74) is 0.266. The molecule has 0 N–H and O–H groups in total. The minimum absolute atomic E-state index is 0.0682. The van der Waals surface area contributed by atoms with Gasteiger partial charge in [0.1, 0.15) is 13.2 Å². The Hall–Kier alpha value is -3.82. The lowest BCUT2D eigenvalue weighted by atomic mass is 10.2. The molecule has 0 aliphatic rings. The Labute approximate surface area is 165 Å². The van der Waals surface area contributed by atoms with Crippen LogP contribution in [0.15, 0.2) is 48.5 Å². The summed E-state index contributed by atoms with van der Waals surface area (Å²) in [7, 11) is 0. The summed E-state index contributed by atoms with van der Waals surface area (Å²) in [5.74, 6) is -1.20. The zero-order valence-corrected chi connectivity index (χ0v) is 15.3. The quantitative estimate of drug-likeness (QED) is 0.334. The first-order chi connectivity index (χ1) is 13.9. The number of benzene rings is 2. The van der Waals surface area contributed by atoms with Crippen LogP contribution in [0.25, 0.3) is 0 Å². The predicted octanol–water partition coefficient (Wildman–Crippen LogP) is 3.46. The minimum atomic E-state index is -0.602. The van der Waals surface area contributed by atoms with Crippen LogP contribution in [0.1, 0.15) is 30.4 Å². The van der Waals surface area contributed by atoms with Gasteiger partial charge in [0.2, 0.25) is 0 Å². The number of esters is 2. The summed E-state index contributed by atoms with van der Waals surface area (Å²) < 4.78 is 10.0. The van der Waals surface area contributed by atoms with E-state index in [9.17, 15) is 29.8 Å². The van der Waals surface area contributed by atoms with Gasteiger partial charge in [-0.3, -0.25) is 29.8 Å². The molecule has 152 valence electrons. The van der Waals surface area contributed by atoms with E-state index in [4.69, 9.17) is 9.47 Å². The molecule has 0 spiro atoms. The molecule has 0 atom stereocenters. The van der Waals surface area contributed by atoms with Crippen molar-refractivity contribution < 1.29 is 28.9 Å². The molecule has 0 aliphatic carbocycles. The zero-order valence-electron chi connectivity index (χ0n) is 15.3. The lowest BCUT2D eigenvalue weighted by Gasteiger charge is -2.07. The van der Waals surface area contributed by atoms with Gasteiger partial charge in [-0.1, -0.05) is 24.3 Å². The van der Waals surface area contributed by atoms with Gasteiger partial charge < -0.3 is 9.47 Å². The van der Waals surface area contributed by atoms with E-state index in [1.807, 2.05) is 0 Å². The third kappa shape index (κ3) is 6.69. The smallest absolute Gasteiger partial charge is 0.306 e. The summed E-state index contributed by atoms with van der Waals surface area (Å²) >= 11 is 0. The standard InChI is InChI=1S/C19H18N2O8/c22-18(28-12-14-6-1-3-8-16(14)20(24)25)10-5-11-19(23)29-13-15-7-2-4-9-17(15)21(26)27/h1-4,6-9H,5,10-13H2. The van der Waals surface area contributed by atoms with Crippen molar-refractivity contribution in [2.75, 3.05) is 0 Å². The van der Waals surface area contributed by atoms with Gasteiger partial charge in [0, 0.05) is 25.0 Å². The van der Waals surface area contributed by atoms with Crippen molar-refractivity contribution in [2.24, 2.45) is 0 Å².